The van der Waals surface area contributed by atoms with Crippen LogP contribution in [0.3, 0.4) is 0 Å². The van der Waals surface area contributed by atoms with E-state index in [1.165, 1.54) is 0 Å². The molecule has 18 heavy (non-hydrogen) atoms. The van der Waals surface area contributed by atoms with Crippen LogP contribution in [0.15, 0.2) is 0 Å². The lowest BCUT2D eigenvalue weighted by atomic mass is 9.97. The van der Waals surface area contributed by atoms with Crippen LogP contribution in [0.25, 0.3) is 0 Å². The number of likely N-dealkylation sites (tertiary alicyclic amines) is 1. The number of hydrogen-bond donors (Lipinski definition) is 1. The molecule has 0 aromatic carbocycles. The van der Waals surface area contributed by atoms with Crippen molar-refractivity contribution in [1.82, 2.24) is 10.2 Å². The highest BCUT2D eigenvalue weighted by Gasteiger charge is 2.25. The number of nitrogens with one attached hydrogen (secondary N) is 1. The van der Waals surface area contributed by atoms with Crippen molar-refractivity contribution < 1.29 is 9.59 Å². The third-order valence-corrected chi connectivity index (χ3v) is 3.39. The van der Waals surface area contributed by atoms with E-state index < -0.39 is 0 Å². The average molecular weight is 254 g/mol. The number of amides is 2. The van der Waals surface area contributed by atoms with Crippen LogP contribution in [-0.4, -0.2) is 36.3 Å². The van der Waals surface area contributed by atoms with Crippen molar-refractivity contribution in [3.63, 3.8) is 0 Å². The molecule has 1 aliphatic heterocycles. The Morgan fingerprint density at radius 2 is 2.11 bits per heavy atom. The van der Waals surface area contributed by atoms with Gasteiger partial charge in [-0.05, 0) is 25.2 Å². The minimum Gasteiger partial charge on any atom is -0.356 e. The van der Waals surface area contributed by atoms with Crippen LogP contribution in [-0.2, 0) is 9.59 Å². The van der Waals surface area contributed by atoms with Gasteiger partial charge in [0.2, 0.25) is 11.8 Å². The molecule has 1 saturated heterocycles. The van der Waals surface area contributed by atoms with E-state index in [0.29, 0.717) is 18.9 Å². The summed E-state index contributed by atoms with van der Waals surface area (Å²) in [5.41, 5.74) is 0. The van der Waals surface area contributed by atoms with Crippen LogP contribution in [0.5, 0.6) is 0 Å². The zero-order valence-electron chi connectivity index (χ0n) is 11.9. The Morgan fingerprint density at radius 3 is 2.72 bits per heavy atom. The molecule has 104 valence electrons. The van der Waals surface area contributed by atoms with Gasteiger partial charge in [0.25, 0.3) is 0 Å². The molecule has 1 heterocycles. The lowest BCUT2D eigenvalue weighted by Gasteiger charge is -2.34. The Morgan fingerprint density at radius 1 is 1.39 bits per heavy atom. The number of carbonyl (C=O) groups excluding carboxylic acids is 2. The predicted octanol–water partition coefficient (Wildman–Crippen LogP) is 1.80. The highest BCUT2D eigenvalue weighted by molar-refractivity contribution is 5.78. The summed E-state index contributed by atoms with van der Waals surface area (Å²) in [6.07, 6.45) is 3.64. The quantitative estimate of drug-likeness (QED) is 0.813. The fraction of sp³-hybridized carbons (Fsp3) is 0.857. The third kappa shape index (κ3) is 4.67. The third-order valence-electron chi connectivity index (χ3n) is 3.39. The van der Waals surface area contributed by atoms with E-state index in [9.17, 15) is 9.59 Å². The molecule has 2 amide bonds. The molecule has 0 aromatic rings. The molecule has 0 aromatic heterocycles. The summed E-state index contributed by atoms with van der Waals surface area (Å²) < 4.78 is 0. The molecule has 1 fully saturated rings. The van der Waals surface area contributed by atoms with Gasteiger partial charge in [-0.2, -0.15) is 0 Å². The van der Waals surface area contributed by atoms with Crippen molar-refractivity contribution in [3.8, 4) is 0 Å². The summed E-state index contributed by atoms with van der Waals surface area (Å²) >= 11 is 0. The zero-order valence-corrected chi connectivity index (χ0v) is 11.9. The van der Waals surface area contributed by atoms with Crippen molar-refractivity contribution in [2.75, 3.05) is 19.6 Å². The van der Waals surface area contributed by atoms with Crippen LogP contribution in [0.2, 0.25) is 0 Å². The molecule has 0 bridgehead atoms. The first-order valence-corrected chi connectivity index (χ1v) is 7.10. The first-order valence-electron chi connectivity index (χ1n) is 7.10. The minimum atomic E-state index is 0.0680. The van der Waals surface area contributed by atoms with Crippen molar-refractivity contribution in [2.24, 2.45) is 11.8 Å². The van der Waals surface area contributed by atoms with Crippen LogP contribution >= 0.6 is 0 Å². The van der Waals surface area contributed by atoms with Gasteiger partial charge < -0.3 is 10.2 Å². The summed E-state index contributed by atoms with van der Waals surface area (Å²) in [5, 5.41) is 2.97. The highest BCUT2D eigenvalue weighted by atomic mass is 16.2. The molecule has 0 radical (unpaired) electrons. The maximum absolute atomic E-state index is 11.9. The lowest BCUT2D eigenvalue weighted by Crippen LogP contribution is -2.45. The van der Waals surface area contributed by atoms with E-state index in [1.807, 2.05) is 25.7 Å². The Hall–Kier alpha value is -1.06. The predicted molar refractivity (Wildman–Crippen MR) is 72.1 cm³/mol. The fourth-order valence-electron chi connectivity index (χ4n) is 2.37. The smallest absolute Gasteiger partial charge is 0.225 e. The number of carbonyl (C=O) groups is 2. The van der Waals surface area contributed by atoms with Gasteiger partial charge in [0.1, 0.15) is 0 Å². The molecule has 1 N–H and O–H groups in total. The number of nitrogens with zero attached hydrogens (tertiary/aromatic N) is 1. The standard InChI is InChI=1S/C14H26N2O2/c1-4-6-13(17)15-9-12-7-5-8-16(10-12)14(18)11(2)3/h11-12H,4-10H2,1-3H3,(H,15,17). The molecule has 1 atom stereocenters. The first kappa shape index (κ1) is 15.0. The van der Waals surface area contributed by atoms with Gasteiger partial charge >= 0.3 is 0 Å². The largest absolute Gasteiger partial charge is 0.356 e. The van der Waals surface area contributed by atoms with E-state index in [2.05, 4.69) is 5.32 Å². The second-order valence-electron chi connectivity index (χ2n) is 5.50. The van der Waals surface area contributed by atoms with E-state index in [-0.39, 0.29) is 17.7 Å². The van der Waals surface area contributed by atoms with Crippen molar-refractivity contribution in [2.45, 2.75) is 46.5 Å². The lowest BCUT2D eigenvalue weighted by molar-refractivity contribution is -0.136. The molecular formula is C14H26N2O2. The summed E-state index contributed by atoms with van der Waals surface area (Å²) in [4.78, 5) is 25.3. The van der Waals surface area contributed by atoms with Crippen LogP contribution in [0.1, 0.15) is 46.5 Å². The van der Waals surface area contributed by atoms with E-state index in [0.717, 1.165) is 32.4 Å². The fourth-order valence-corrected chi connectivity index (χ4v) is 2.37. The second-order valence-corrected chi connectivity index (χ2v) is 5.50. The number of piperidine rings is 1. The van der Waals surface area contributed by atoms with Gasteiger partial charge in [0, 0.05) is 32.0 Å². The maximum Gasteiger partial charge on any atom is 0.225 e. The second kappa shape index (κ2) is 7.39. The molecular weight excluding hydrogens is 228 g/mol. The molecule has 4 nitrogen and oxygen atoms in total. The number of rotatable bonds is 5. The van der Waals surface area contributed by atoms with Crippen LogP contribution in [0, 0.1) is 11.8 Å². The van der Waals surface area contributed by atoms with E-state index in [4.69, 9.17) is 0 Å². The molecule has 0 spiro atoms. The van der Waals surface area contributed by atoms with Crippen molar-refractivity contribution >= 4 is 11.8 Å². The van der Waals surface area contributed by atoms with E-state index in [1.54, 1.807) is 0 Å². The minimum absolute atomic E-state index is 0.0680. The Kier molecular flexibility index (Phi) is 6.16. The monoisotopic (exact) mass is 254 g/mol. The van der Waals surface area contributed by atoms with Gasteiger partial charge in [-0.25, -0.2) is 0 Å². The summed E-state index contributed by atoms with van der Waals surface area (Å²) in [6, 6.07) is 0. The van der Waals surface area contributed by atoms with Gasteiger partial charge in [0.05, 0.1) is 0 Å². The molecule has 1 unspecified atom stereocenters. The average Bonchev–Trinajstić information content (AvgIpc) is 2.36. The Labute approximate surface area is 110 Å². The van der Waals surface area contributed by atoms with Gasteiger partial charge in [-0.15, -0.1) is 0 Å². The Balaban J connectivity index is 2.35. The summed E-state index contributed by atoms with van der Waals surface area (Å²) in [7, 11) is 0. The topological polar surface area (TPSA) is 49.4 Å². The maximum atomic E-state index is 11.9. The van der Waals surface area contributed by atoms with Gasteiger partial charge in [-0.1, -0.05) is 20.8 Å². The Bertz CT molecular complexity index is 290. The van der Waals surface area contributed by atoms with Crippen LogP contribution in [0.4, 0.5) is 0 Å². The molecule has 0 saturated carbocycles. The molecule has 0 aliphatic carbocycles. The van der Waals surface area contributed by atoms with Gasteiger partial charge in [-0.3, -0.25) is 9.59 Å². The van der Waals surface area contributed by atoms with Gasteiger partial charge in [0.15, 0.2) is 0 Å². The summed E-state index contributed by atoms with van der Waals surface area (Å²) in [6.45, 7) is 8.26. The highest BCUT2D eigenvalue weighted by Crippen LogP contribution is 2.17. The molecule has 1 aliphatic rings. The zero-order chi connectivity index (χ0) is 13.5. The van der Waals surface area contributed by atoms with Crippen molar-refractivity contribution in [1.29, 1.82) is 0 Å². The molecule has 1 rings (SSSR count). The molecule has 4 heteroatoms. The van der Waals surface area contributed by atoms with E-state index >= 15 is 0 Å². The summed E-state index contributed by atoms with van der Waals surface area (Å²) in [5.74, 6) is 0.852. The first-order chi connectivity index (χ1) is 8.54. The van der Waals surface area contributed by atoms with Crippen LogP contribution < -0.4 is 5.32 Å². The number of hydrogen-bond acceptors (Lipinski definition) is 2. The SMILES string of the molecule is CCCC(=O)NCC1CCCN(C(=O)C(C)C)C1. The normalized spacial score (nSPS) is 20.0. The van der Waals surface area contributed by atoms with Crippen molar-refractivity contribution in [3.05, 3.63) is 0 Å².